The molecule has 11 atom stereocenters. The van der Waals surface area contributed by atoms with Crippen LogP contribution in [0.1, 0.15) is 78.0 Å². The first-order valence-corrected chi connectivity index (χ1v) is 17.4. The number of phenols is 3. The van der Waals surface area contributed by atoms with Gasteiger partial charge in [0, 0.05) is 28.3 Å². The maximum atomic E-state index is 14.2. The van der Waals surface area contributed by atoms with Gasteiger partial charge in [0.25, 0.3) is 5.91 Å². The first kappa shape index (κ1) is 40.0. The molecule has 4 aliphatic rings. The minimum Gasteiger partial charge on any atom is -0.507 e. The molecule has 57 heavy (non-hydrogen) atoms. The molecule has 2 aliphatic carbocycles. The summed E-state index contributed by atoms with van der Waals surface area (Å²) in [7, 11) is 0. The smallest absolute Gasteiger partial charge is 0.322 e. The van der Waals surface area contributed by atoms with E-state index in [1.165, 1.54) is 19.9 Å². The van der Waals surface area contributed by atoms with Crippen molar-refractivity contribution in [2.45, 2.75) is 81.4 Å². The van der Waals surface area contributed by atoms with Crippen molar-refractivity contribution in [3.05, 3.63) is 68.8 Å². The molecule has 2 fully saturated rings. The first-order chi connectivity index (χ1) is 26.8. The number of aliphatic hydroxyl groups is 7. The Morgan fingerprint density at radius 2 is 1.40 bits per heavy atom. The number of rotatable bonds is 7. The van der Waals surface area contributed by atoms with Crippen LogP contribution in [0.15, 0.2) is 24.3 Å². The molecule has 2 saturated heterocycles. The summed E-state index contributed by atoms with van der Waals surface area (Å²) in [5, 5.41) is 120. The summed E-state index contributed by atoms with van der Waals surface area (Å²) in [6.07, 6.45) is -18.1. The SMILES string of the molecule is Cc1cc2c(c(O)c1C(=O)NCC(=O)O)-c1c(cc3c(c1O)C(=O)c1cc(O[C@@H]4OC[C@@H](O)[C@@H](O)[C@@H]4O)cc(O)c1C3=O)[C@H](O)[C@H]2O[C@H]1O[C@H](C)[C@@H](O)[C@H](O)[C@H]1O. The predicted molar refractivity (Wildman–Crippen MR) is 184 cm³/mol. The number of carbonyl (C=O) groups excluding carboxylic acids is 3. The van der Waals surface area contributed by atoms with Crippen LogP contribution >= 0.6 is 0 Å². The average molecular weight is 800 g/mol. The fourth-order valence-electron chi connectivity index (χ4n) is 7.56. The molecule has 0 saturated carbocycles. The number of hydrogen-bond acceptors (Lipinski definition) is 18. The lowest BCUT2D eigenvalue weighted by Crippen LogP contribution is -2.57. The van der Waals surface area contributed by atoms with Gasteiger partial charge in [-0.25, -0.2) is 0 Å². The normalized spacial score (nSPS) is 30.4. The lowest BCUT2D eigenvalue weighted by atomic mass is 9.74. The summed E-state index contributed by atoms with van der Waals surface area (Å²) >= 11 is 0. The number of fused-ring (bicyclic) bond motifs is 5. The molecule has 2 heterocycles. The molecule has 304 valence electrons. The third kappa shape index (κ3) is 6.45. The molecule has 7 rings (SSSR count). The predicted octanol–water partition coefficient (Wildman–Crippen LogP) is -1.88. The van der Waals surface area contributed by atoms with Gasteiger partial charge in [-0.15, -0.1) is 0 Å². The van der Waals surface area contributed by atoms with Crippen molar-refractivity contribution in [2.75, 3.05) is 13.2 Å². The Hall–Kier alpha value is -5.26. The molecule has 20 nitrogen and oxygen atoms in total. The topological polar surface area (TPSA) is 340 Å². The molecule has 0 aromatic heterocycles. The van der Waals surface area contributed by atoms with Crippen LogP contribution in [0.5, 0.6) is 23.0 Å². The number of amides is 1. The third-order valence-electron chi connectivity index (χ3n) is 10.5. The molecule has 0 unspecified atom stereocenters. The van der Waals surface area contributed by atoms with Crippen LogP contribution in [-0.2, 0) is 19.0 Å². The minimum atomic E-state index is -1.92. The van der Waals surface area contributed by atoms with Crippen molar-refractivity contribution < 1.29 is 94.3 Å². The van der Waals surface area contributed by atoms with Gasteiger partial charge in [0.1, 0.15) is 78.4 Å². The fraction of sp³-hybridized carbons (Fsp3) is 0.405. The quantitative estimate of drug-likeness (QED) is 0.0973. The number of hydrogen-bond donors (Lipinski definition) is 12. The lowest BCUT2D eigenvalue weighted by molar-refractivity contribution is -0.312. The van der Waals surface area contributed by atoms with Gasteiger partial charge in [0.2, 0.25) is 6.29 Å². The van der Waals surface area contributed by atoms with Gasteiger partial charge in [0.15, 0.2) is 17.9 Å². The van der Waals surface area contributed by atoms with Crippen molar-refractivity contribution >= 4 is 23.4 Å². The second kappa shape index (κ2) is 14.6. The summed E-state index contributed by atoms with van der Waals surface area (Å²) in [5.41, 5.74) is -4.21. The Labute approximate surface area is 320 Å². The Balaban J connectivity index is 1.37. The number of aliphatic hydroxyl groups excluding tert-OH is 7. The van der Waals surface area contributed by atoms with Crippen LogP contribution in [0.2, 0.25) is 0 Å². The van der Waals surface area contributed by atoms with Crippen molar-refractivity contribution in [2.24, 2.45) is 0 Å². The molecule has 0 radical (unpaired) electrons. The molecule has 0 spiro atoms. The highest BCUT2D eigenvalue weighted by molar-refractivity contribution is 6.31. The monoisotopic (exact) mass is 799 g/mol. The number of ketones is 2. The maximum Gasteiger partial charge on any atom is 0.322 e. The van der Waals surface area contributed by atoms with E-state index in [-0.39, 0.29) is 22.4 Å². The van der Waals surface area contributed by atoms with E-state index in [1.807, 2.05) is 0 Å². The molecule has 20 heteroatoms. The summed E-state index contributed by atoms with van der Waals surface area (Å²) in [5.74, 6) is -7.63. The first-order valence-electron chi connectivity index (χ1n) is 17.4. The molecular formula is C37H37NO19. The van der Waals surface area contributed by atoms with Crippen molar-refractivity contribution in [1.82, 2.24) is 5.32 Å². The highest BCUT2D eigenvalue weighted by Gasteiger charge is 2.48. The zero-order valence-corrected chi connectivity index (χ0v) is 29.8. The van der Waals surface area contributed by atoms with Gasteiger partial charge in [-0.05, 0) is 42.7 Å². The molecule has 1 amide bonds. The van der Waals surface area contributed by atoms with E-state index in [0.29, 0.717) is 0 Å². The van der Waals surface area contributed by atoms with E-state index in [2.05, 4.69) is 5.32 Å². The average Bonchev–Trinajstić information content (AvgIpc) is 3.15. The zero-order chi connectivity index (χ0) is 41.5. The van der Waals surface area contributed by atoms with Gasteiger partial charge >= 0.3 is 5.97 Å². The molecule has 12 N–H and O–H groups in total. The summed E-state index contributed by atoms with van der Waals surface area (Å²) in [6.45, 7) is 1.41. The second-order valence-corrected chi connectivity index (χ2v) is 14.1. The molecule has 3 aromatic carbocycles. The second-order valence-electron chi connectivity index (χ2n) is 14.1. The van der Waals surface area contributed by atoms with Crippen molar-refractivity contribution in [1.29, 1.82) is 0 Å². The minimum absolute atomic E-state index is 0.00190. The van der Waals surface area contributed by atoms with E-state index >= 15 is 0 Å². The van der Waals surface area contributed by atoms with E-state index in [0.717, 1.165) is 18.2 Å². The standard InChI is InChI=1S/C37H37NO19/c1-9-3-15-22(29(48)19(9)35(53)38-7-18(41)42)21-13(27(46)34(15)57-37-33(52)31(50)24(43)10(2)55-37)6-14-23(30(21)49)26(45)12-4-11(5-16(39)20(12)25(14)44)56-36-32(51)28(47)17(40)8-54-36/h3-6,10,17,24,27-28,31-34,36-37,39-40,43,46-52H,7-8H2,1-2H3,(H,38,53)(H,41,42)/t10-,17-,24-,27+,28-,31+,32+,33-,34+,36+,37-/m1/s1. The number of carbonyl (C=O) groups is 4. The van der Waals surface area contributed by atoms with Crippen molar-refractivity contribution in [3.8, 4) is 34.1 Å². The third-order valence-corrected chi connectivity index (χ3v) is 10.5. The van der Waals surface area contributed by atoms with Crippen LogP contribution in [-0.4, -0.2) is 148 Å². The Morgan fingerprint density at radius 3 is 2.09 bits per heavy atom. The van der Waals surface area contributed by atoms with Crippen molar-refractivity contribution in [3.63, 3.8) is 0 Å². The van der Waals surface area contributed by atoms with Gasteiger partial charge in [0.05, 0.1) is 29.4 Å². The van der Waals surface area contributed by atoms with Gasteiger partial charge in [-0.3, -0.25) is 19.2 Å². The number of nitrogens with one attached hydrogen (secondary N) is 1. The van der Waals surface area contributed by atoms with Gasteiger partial charge in [-0.1, -0.05) is 6.07 Å². The van der Waals surface area contributed by atoms with Crippen LogP contribution in [0, 0.1) is 6.92 Å². The van der Waals surface area contributed by atoms with Gasteiger partial charge < -0.3 is 80.4 Å². The molecule has 2 aliphatic heterocycles. The number of phenolic OH excluding ortho intramolecular Hbond substituents is 3. The van der Waals surface area contributed by atoms with Crippen LogP contribution in [0.4, 0.5) is 0 Å². The Bertz CT molecular complexity index is 2210. The summed E-state index contributed by atoms with van der Waals surface area (Å²) in [4.78, 5) is 52.8. The lowest BCUT2D eigenvalue weighted by Gasteiger charge is -2.42. The number of aliphatic carboxylic acids is 1. The number of carboxylic acids is 1. The van der Waals surface area contributed by atoms with Gasteiger partial charge in [-0.2, -0.15) is 0 Å². The summed E-state index contributed by atoms with van der Waals surface area (Å²) < 4.78 is 22.3. The maximum absolute atomic E-state index is 14.2. The number of benzene rings is 3. The van der Waals surface area contributed by atoms with E-state index < -0.39 is 160 Å². The molecule has 3 aromatic rings. The molecular weight excluding hydrogens is 762 g/mol. The number of ether oxygens (including phenoxy) is 4. The number of aryl methyl sites for hydroxylation is 1. The summed E-state index contributed by atoms with van der Waals surface area (Å²) in [6, 6.07) is 4.13. The largest absolute Gasteiger partial charge is 0.507 e. The highest BCUT2D eigenvalue weighted by Crippen LogP contribution is 2.57. The van der Waals surface area contributed by atoms with Crippen LogP contribution in [0.3, 0.4) is 0 Å². The highest BCUT2D eigenvalue weighted by atomic mass is 16.7. The zero-order valence-electron chi connectivity index (χ0n) is 29.8. The number of carboxylic acid groups (broad SMARTS) is 1. The number of aromatic hydroxyl groups is 3. The molecule has 0 bridgehead atoms. The fourth-order valence-corrected chi connectivity index (χ4v) is 7.56. The van der Waals surface area contributed by atoms with E-state index in [9.17, 15) is 70.2 Å². The van der Waals surface area contributed by atoms with E-state index in [4.69, 9.17) is 24.1 Å². The Kier molecular flexibility index (Phi) is 10.2. The van der Waals surface area contributed by atoms with Crippen LogP contribution < -0.4 is 10.1 Å². The van der Waals surface area contributed by atoms with E-state index in [1.54, 1.807) is 0 Å². The Morgan fingerprint density at radius 1 is 0.772 bits per heavy atom. The van der Waals surface area contributed by atoms with Crippen LogP contribution in [0.25, 0.3) is 11.1 Å².